The highest BCUT2D eigenvalue weighted by molar-refractivity contribution is 6.70. The Bertz CT molecular complexity index is 576. The summed E-state index contributed by atoms with van der Waals surface area (Å²) in [6.45, 7) is 3.15. The van der Waals surface area contributed by atoms with E-state index in [1.807, 2.05) is 0 Å². The normalized spacial score (nSPS) is 9.85. The molecule has 0 bridgehead atoms. The first kappa shape index (κ1) is 16.2. The lowest BCUT2D eigenvalue weighted by Crippen LogP contribution is -2.29. The van der Waals surface area contributed by atoms with Gasteiger partial charge in [0.05, 0.1) is 0 Å². The molecule has 106 valence electrons. The number of benzene rings is 2. The van der Waals surface area contributed by atoms with Crippen LogP contribution in [0.2, 0.25) is 13.6 Å². The van der Waals surface area contributed by atoms with Crippen LogP contribution in [0.25, 0.3) is 0 Å². The number of hydrogen-bond acceptors (Lipinski definition) is 1. The molecule has 5 heteroatoms. The quantitative estimate of drug-likeness (QED) is 0.752. The fraction of sp³-hybridized carbons (Fsp3) is 0.200. The van der Waals surface area contributed by atoms with Crippen molar-refractivity contribution in [2.24, 2.45) is 0 Å². The molecule has 20 heavy (non-hydrogen) atoms. The molecule has 0 radical (unpaired) electrons. The Balaban J connectivity index is 0.00000200. The number of ether oxygens (including phenoxy) is 1. The van der Waals surface area contributed by atoms with E-state index in [0.717, 1.165) is 18.2 Å². The minimum atomic E-state index is -0.665. The van der Waals surface area contributed by atoms with Gasteiger partial charge < -0.3 is 4.74 Å². The van der Waals surface area contributed by atoms with Crippen molar-refractivity contribution in [3.05, 3.63) is 53.8 Å². The summed E-state index contributed by atoms with van der Waals surface area (Å²) in [4.78, 5) is 0. The summed E-state index contributed by atoms with van der Waals surface area (Å²) < 4.78 is 45.7. The van der Waals surface area contributed by atoms with E-state index in [9.17, 15) is 13.2 Å². The molecule has 0 unspecified atom stereocenters. The van der Waals surface area contributed by atoms with Crippen LogP contribution in [0.5, 0.6) is 11.5 Å². The SMILES string of the molecule is C.CB(C)c1c(F)cc(Oc2cccc(F)c2)cc1F. The Labute approximate surface area is 117 Å². The zero-order chi connectivity index (χ0) is 14.0. The minimum Gasteiger partial charge on any atom is -0.457 e. The molecule has 2 rings (SSSR count). The highest BCUT2D eigenvalue weighted by atomic mass is 19.1. The summed E-state index contributed by atoms with van der Waals surface area (Å²) in [6, 6.07) is 7.57. The maximum Gasteiger partial charge on any atom is 0.177 e. The van der Waals surface area contributed by atoms with Gasteiger partial charge in [-0.1, -0.05) is 27.1 Å². The van der Waals surface area contributed by atoms with Crippen molar-refractivity contribution in [3.8, 4) is 11.5 Å². The monoisotopic (exact) mass is 280 g/mol. The predicted molar refractivity (Wildman–Crippen MR) is 76.7 cm³/mol. The zero-order valence-electron chi connectivity index (χ0n) is 10.6. The van der Waals surface area contributed by atoms with E-state index in [1.165, 1.54) is 18.2 Å². The molecule has 0 spiro atoms. The second-order valence-corrected chi connectivity index (χ2v) is 4.51. The van der Waals surface area contributed by atoms with E-state index >= 15 is 0 Å². The van der Waals surface area contributed by atoms with E-state index in [2.05, 4.69) is 0 Å². The standard InChI is InChI=1S/C14H12BF3O.CH4/c1-15(2)14-12(17)7-11(8-13(14)18)19-10-5-3-4-9(16)6-10;/h3-8H,1-2H3;1H4. The zero-order valence-corrected chi connectivity index (χ0v) is 10.6. The lowest BCUT2D eigenvalue weighted by Gasteiger charge is -2.10. The lowest BCUT2D eigenvalue weighted by atomic mass is 9.49. The Morgan fingerprint density at radius 1 is 0.900 bits per heavy atom. The molecule has 0 fully saturated rings. The van der Waals surface area contributed by atoms with Crippen LogP contribution in [-0.2, 0) is 0 Å². The Kier molecular flexibility index (Phi) is 5.25. The van der Waals surface area contributed by atoms with Crippen LogP contribution in [0.3, 0.4) is 0 Å². The van der Waals surface area contributed by atoms with Gasteiger partial charge in [0.2, 0.25) is 0 Å². The first-order valence-corrected chi connectivity index (χ1v) is 5.89. The molecular formula is C15H16BF3O. The average Bonchev–Trinajstić information content (AvgIpc) is 2.27. The van der Waals surface area contributed by atoms with Crippen molar-refractivity contribution in [3.63, 3.8) is 0 Å². The van der Waals surface area contributed by atoms with E-state index in [4.69, 9.17) is 4.74 Å². The number of rotatable bonds is 3. The van der Waals surface area contributed by atoms with Crippen LogP contribution in [0.1, 0.15) is 7.43 Å². The molecule has 0 atom stereocenters. The van der Waals surface area contributed by atoms with Crippen LogP contribution >= 0.6 is 0 Å². The van der Waals surface area contributed by atoms with Gasteiger partial charge in [0.15, 0.2) is 6.71 Å². The third-order valence-corrected chi connectivity index (χ3v) is 2.66. The molecule has 0 aliphatic heterocycles. The fourth-order valence-corrected chi connectivity index (χ4v) is 1.84. The van der Waals surface area contributed by atoms with Gasteiger partial charge in [-0.2, -0.15) is 0 Å². The van der Waals surface area contributed by atoms with E-state index < -0.39 is 17.5 Å². The highest BCUT2D eigenvalue weighted by Crippen LogP contribution is 2.23. The number of halogens is 3. The summed E-state index contributed by atoms with van der Waals surface area (Å²) >= 11 is 0. The summed E-state index contributed by atoms with van der Waals surface area (Å²) in [6.07, 6.45) is 0. The molecule has 0 N–H and O–H groups in total. The molecule has 1 nitrogen and oxygen atoms in total. The third-order valence-electron chi connectivity index (χ3n) is 2.66. The van der Waals surface area contributed by atoms with Crippen LogP contribution in [0, 0.1) is 17.5 Å². The van der Waals surface area contributed by atoms with E-state index in [0.29, 0.717) is 0 Å². The van der Waals surface area contributed by atoms with E-state index in [-0.39, 0.29) is 31.1 Å². The van der Waals surface area contributed by atoms with Crippen molar-refractivity contribution in [2.45, 2.75) is 21.1 Å². The van der Waals surface area contributed by atoms with Gasteiger partial charge in [0.1, 0.15) is 29.0 Å². The van der Waals surface area contributed by atoms with Crippen molar-refractivity contribution < 1.29 is 17.9 Å². The average molecular weight is 280 g/mol. The van der Waals surface area contributed by atoms with Crippen LogP contribution < -0.4 is 10.2 Å². The lowest BCUT2D eigenvalue weighted by molar-refractivity contribution is 0.465. The first-order valence-electron chi connectivity index (χ1n) is 5.89. The van der Waals surface area contributed by atoms with Crippen molar-refractivity contribution in [1.29, 1.82) is 0 Å². The first-order chi connectivity index (χ1) is 8.97. The maximum atomic E-state index is 13.7. The molecule has 2 aromatic carbocycles. The highest BCUT2D eigenvalue weighted by Gasteiger charge is 2.17. The van der Waals surface area contributed by atoms with Gasteiger partial charge in [-0.05, 0) is 17.6 Å². The molecule has 0 amide bonds. The molecule has 0 aliphatic rings. The largest absolute Gasteiger partial charge is 0.457 e. The second-order valence-electron chi connectivity index (χ2n) is 4.51. The van der Waals surface area contributed by atoms with Gasteiger partial charge in [0.25, 0.3) is 0 Å². The topological polar surface area (TPSA) is 9.23 Å². The van der Waals surface area contributed by atoms with Crippen molar-refractivity contribution in [1.82, 2.24) is 0 Å². The van der Waals surface area contributed by atoms with Crippen molar-refractivity contribution in [2.75, 3.05) is 0 Å². The molecule has 0 aromatic heterocycles. The molecule has 0 heterocycles. The van der Waals surface area contributed by atoms with Gasteiger partial charge in [0, 0.05) is 18.2 Å². The maximum absolute atomic E-state index is 13.7. The minimum absolute atomic E-state index is 0. The Morgan fingerprint density at radius 2 is 1.50 bits per heavy atom. The molecule has 0 saturated carbocycles. The van der Waals surface area contributed by atoms with Gasteiger partial charge in [-0.15, -0.1) is 0 Å². The van der Waals surface area contributed by atoms with Gasteiger partial charge >= 0.3 is 0 Å². The summed E-state index contributed by atoms with van der Waals surface area (Å²) in [5.74, 6) is -1.61. The van der Waals surface area contributed by atoms with Crippen LogP contribution in [-0.4, -0.2) is 6.71 Å². The summed E-state index contributed by atoms with van der Waals surface area (Å²) in [7, 11) is 0. The second kappa shape index (κ2) is 6.50. The fourth-order valence-electron chi connectivity index (χ4n) is 1.84. The predicted octanol–water partition coefficient (Wildman–Crippen LogP) is 4.49. The molecule has 0 aliphatic carbocycles. The summed E-state index contributed by atoms with van der Waals surface area (Å²) in [5, 5.41) is 0. The van der Waals surface area contributed by atoms with E-state index in [1.54, 1.807) is 13.6 Å². The van der Waals surface area contributed by atoms with Gasteiger partial charge in [-0.25, -0.2) is 13.2 Å². The van der Waals surface area contributed by atoms with Crippen molar-refractivity contribution >= 4 is 12.2 Å². The Hall–Kier alpha value is -1.91. The number of hydrogen-bond donors (Lipinski definition) is 0. The van der Waals surface area contributed by atoms with Gasteiger partial charge in [-0.3, -0.25) is 0 Å². The Morgan fingerprint density at radius 3 is 2.00 bits per heavy atom. The molecule has 2 aromatic rings. The molecular weight excluding hydrogens is 264 g/mol. The smallest absolute Gasteiger partial charge is 0.177 e. The third kappa shape index (κ3) is 3.56. The van der Waals surface area contributed by atoms with Crippen LogP contribution in [0.15, 0.2) is 36.4 Å². The summed E-state index contributed by atoms with van der Waals surface area (Å²) in [5.41, 5.74) is 0.0200. The molecule has 0 saturated heterocycles. The van der Waals surface area contributed by atoms with Crippen LogP contribution in [0.4, 0.5) is 13.2 Å².